The minimum absolute atomic E-state index is 0.0231. The van der Waals surface area contributed by atoms with Crippen LogP contribution < -0.4 is 5.32 Å². The zero-order valence-electron chi connectivity index (χ0n) is 54.8. The van der Waals surface area contributed by atoms with Gasteiger partial charge in [0.25, 0.3) is 5.91 Å². The van der Waals surface area contributed by atoms with Gasteiger partial charge < -0.3 is 56.9 Å². The van der Waals surface area contributed by atoms with Crippen molar-refractivity contribution in [1.29, 1.82) is 0 Å². The highest BCUT2D eigenvalue weighted by Crippen LogP contribution is 2.65. The monoisotopic (exact) mass is 1270 g/mol. The smallest absolute Gasteiger partial charge is 0.456 e. The standard InChI is InChI=1S/C71H101NO17Si/c1-10-13-16-19-22-34-43-82-90(83-44-35-23-20-17-14-11-2,84-45-36-24-21-18-15-12-3)89-56-46-57-70(48-81-57,88-51(6)74)62-64(87-66(78)54-41-32-27-33-42-54)71(80)47-55(49(4)58(68(71,7)8)61(85-50(5)73)63(76)69(56,62)9)86-67(79)60(75)59(52-37-28-25-29-38-52)72-65(77)53-39-30-26-31-40-53/h25-33,37-42,55-57,59-62,64,75,80H,10-24,34-36,43-48H2,1-9H3,(H,72,77)/t55-,56-,57+,59-,60+,61+,62-,64-,69+,70-,71+/m0/s1. The second-order valence-electron chi connectivity index (χ2n) is 25.8. The van der Waals surface area contributed by atoms with Crippen LogP contribution in [0.4, 0.5) is 0 Å². The van der Waals surface area contributed by atoms with Crippen LogP contribution >= 0.6 is 0 Å². The highest BCUT2D eigenvalue weighted by molar-refractivity contribution is 6.53. The van der Waals surface area contributed by atoms with Gasteiger partial charge in [-0.1, -0.05) is 198 Å². The average Bonchev–Trinajstić information content (AvgIpc) is 0.670. The summed E-state index contributed by atoms with van der Waals surface area (Å²) in [4.78, 5) is 88.7. The van der Waals surface area contributed by atoms with Crippen LogP contribution in [0, 0.1) is 16.7 Å². The van der Waals surface area contributed by atoms with Gasteiger partial charge in [-0.15, -0.1) is 0 Å². The molecular weight excluding hydrogens is 1170 g/mol. The Kier molecular flexibility index (Phi) is 26.5. The molecule has 11 atom stereocenters. The Morgan fingerprint density at radius 3 is 1.62 bits per heavy atom. The lowest BCUT2D eigenvalue weighted by Crippen LogP contribution is -2.82. The molecule has 1 amide bonds. The van der Waals surface area contributed by atoms with Crippen LogP contribution in [-0.2, 0) is 60.6 Å². The lowest BCUT2D eigenvalue weighted by atomic mass is 9.44. The minimum atomic E-state index is -4.44. The highest BCUT2D eigenvalue weighted by Gasteiger charge is 2.79. The fourth-order valence-electron chi connectivity index (χ4n) is 14.0. The number of nitrogens with one attached hydrogen (secondary N) is 1. The van der Waals surface area contributed by atoms with Gasteiger partial charge in [-0.3, -0.25) is 19.2 Å². The SMILES string of the molecule is CCCCCCCCO[Si](OCCCCCCCC)(OCCCCCCCC)O[C@H]1C[C@H]2OC[C@@]2(OC(C)=O)[C@H]2[C@H](OC(=O)c3ccccc3)[C@]3(O)C[C@H](OC(=O)[C@H](O)[C@@H](NC(=O)c4ccccc4)c4ccccc4)C(C)=C([C@@H](OC(C)=O)C(=O)[C@]12C)C3(C)C. The van der Waals surface area contributed by atoms with Crippen molar-refractivity contribution in [2.75, 3.05) is 26.4 Å². The van der Waals surface area contributed by atoms with Crippen molar-refractivity contribution in [3.63, 3.8) is 0 Å². The normalized spacial score (nSPS) is 25.9. The van der Waals surface area contributed by atoms with Crippen molar-refractivity contribution < 1.29 is 80.4 Å². The number of carbonyl (C=O) groups is 6. The Labute approximate surface area is 534 Å². The van der Waals surface area contributed by atoms with Crippen LogP contribution in [0.3, 0.4) is 0 Å². The van der Waals surface area contributed by atoms with Gasteiger partial charge in [0, 0.05) is 57.5 Å². The number of aliphatic hydroxyl groups is 2. The van der Waals surface area contributed by atoms with Gasteiger partial charge in [-0.25, -0.2) is 9.59 Å². The number of amides is 1. The van der Waals surface area contributed by atoms with E-state index in [1.807, 2.05) is 0 Å². The molecule has 19 heteroatoms. The van der Waals surface area contributed by atoms with Crippen molar-refractivity contribution in [2.45, 2.75) is 245 Å². The zero-order chi connectivity index (χ0) is 65.1. The van der Waals surface area contributed by atoms with Crippen LogP contribution in [-0.4, -0.2) is 129 Å². The number of rotatable bonds is 36. The lowest BCUT2D eigenvalue weighted by Gasteiger charge is -2.68. The molecule has 4 aliphatic rings. The summed E-state index contributed by atoms with van der Waals surface area (Å²) in [5, 5.41) is 29.5. The molecule has 0 spiro atoms. The number of esters is 4. The zero-order valence-corrected chi connectivity index (χ0v) is 55.8. The maximum Gasteiger partial charge on any atom is 0.680 e. The quantitative estimate of drug-likeness (QED) is 0.0161. The molecule has 7 rings (SSSR count). The van der Waals surface area contributed by atoms with E-state index in [4.69, 9.17) is 41.4 Å². The molecule has 3 fully saturated rings. The predicted octanol–water partition coefficient (Wildman–Crippen LogP) is 12.3. The Morgan fingerprint density at radius 2 is 1.14 bits per heavy atom. The summed E-state index contributed by atoms with van der Waals surface area (Å²) in [5.41, 5.74) is -7.22. The number of carbonyl (C=O) groups excluding carboxylic acids is 6. The summed E-state index contributed by atoms with van der Waals surface area (Å²) in [7, 11) is -4.44. The first-order chi connectivity index (χ1) is 43.1. The van der Waals surface area contributed by atoms with E-state index in [0.717, 1.165) is 103 Å². The van der Waals surface area contributed by atoms with Crippen molar-refractivity contribution in [3.05, 3.63) is 119 Å². The number of hydrogen-bond acceptors (Lipinski definition) is 17. The largest absolute Gasteiger partial charge is 0.680 e. The third-order valence-electron chi connectivity index (χ3n) is 19.1. The molecule has 3 aliphatic carbocycles. The number of hydrogen-bond donors (Lipinski definition) is 3. The molecule has 1 aliphatic heterocycles. The molecule has 2 saturated carbocycles. The van der Waals surface area contributed by atoms with Crippen LogP contribution in [0.5, 0.6) is 0 Å². The second kappa shape index (κ2) is 33.3. The van der Waals surface area contributed by atoms with Crippen molar-refractivity contribution in [1.82, 2.24) is 5.32 Å². The number of ketones is 1. The molecule has 3 aromatic rings. The first-order valence-corrected chi connectivity index (χ1v) is 34.9. The van der Waals surface area contributed by atoms with Crippen LogP contribution in [0.1, 0.15) is 223 Å². The van der Waals surface area contributed by atoms with Gasteiger partial charge in [0.2, 0.25) is 0 Å². The lowest BCUT2D eigenvalue weighted by molar-refractivity contribution is -0.347. The summed E-state index contributed by atoms with van der Waals surface area (Å²) >= 11 is 0. The fourth-order valence-corrected chi connectivity index (χ4v) is 16.3. The Morgan fingerprint density at radius 1 is 0.656 bits per heavy atom. The second-order valence-corrected chi connectivity index (χ2v) is 27.9. The topological polar surface area (TPSA) is 238 Å². The molecular formula is C71H101NO17Si. The highest BCUT2D eigenvalue weighted by atomic mass is 28.4. The van der Waals surface area contributed by atoms with Gasteiger partial charge in [0.15, 0.2) is 23.6 Å². The van der Waals surface area contributed by atoms with E-state index in [9.17, 15) is 29.4 Å². The molecule has 496 valence electrons. The first kappa shape index (κ1) is 71.8. The van der Waals surface area contributed by atoms with Gasteiger partial charge >= 0.3 is 32.9 Å². The molecule has 1 saturated heterocycles. The number of benzene rings is 3. The molecule has 0 radical (unpaired) electrons. The number of Topliss-reactive ketones (excluding diaryl/α,β-unsaturated/α-hetero) is 1. The first-order valence-electron chi connectivity index (χ1n) is 33.3. The van der Waals surface area contributed by atoms with Crippen molar-refractivity contribution in [3.8, 4) is 0 Å². The van der Waals surface area contributed by atoms with E-state index in [2.05, 4.69) is 26.1 Å². The van der Waals surface area contributed by atoms with Gasteiger partial charge in [0.1, 0.15) is 23.9 Å². The van der Waals surface area contributed by atoms with Crippen LogP contribution in [0.25, 0.3) is 0 Å². The number of fused-ring (bicyclic) bond motifs is 5. The minimum Gasteiger partial charge on any atom is -0.456 e. The Hall–Kier alpha value is -5.64. The Bertz CT molecular complexity index is 2810. The van der Waals surface area contributed by atoms with E-state index < -0.39 is 122 Å². The number of ether oxygens (including phenoxy) is 5. The molecule has 2 bridgehead atoms. The number of aliphatic hydroxyl groups excluding tert-OH is 1. The summed E-state index contributed by atoms with van der Waals surface area (Å²) in [6.45, 7) is 15.6. The van der Waals surface area contributed by atoms with Crippen LogP contribution in [0.2, 0.25) is 0 Å². The molecule has 0 aromatic heterocycles. The molecule has 3 aromatic carbocycles. The predicted molar refractivity (Wildman–Crippen MR) is 340 cm³/mol. The van der Waals surface area contributed by atoms with Gasteiger partial charge in [0.05, 0.1) is 35.6 Å². The molecule has 0 unspecified atom stereocenters. The summed E-state index contributed by atoms with van der Waals surface area (Å²) in [6.07, 6.45) is 6.91. The van der Waals surface area contributed by atoms with Crippen molar-refractivity contribution in [2.24, 2.45) is 16.7 Å². The van der Waals surface area contributed by atoms with E-state index >= 15 is 9.59 Å². The van der Waals surface area contributed by atoms with Gasteiger partial charge in [-0.05, 0) is 74.1 Å². The summed E-state index contributed by atoms with van der Waals surface area (Å²) in [5.74, 6) is -6.75. The maximum absolute atomic E-state index is 17.1. The van der Waals surface area contributed by atoms with E-state index in [1.54, 1.807) is 107 Å². The summed E-state index contributed by atoms with van der Waals surface area (Å²) in [6, 6.07) is 23.4. The molecule has 3 N–H and O–H groups in total. The van der Waals surface area contributed by atoms with E-state index in [-0.39, 0.29) is 55.1 Å². The third-order valence-corrected chi connectivity index (χ3v) is 21.3. The fraction of sp³-hybridized carbons (Fsp3) is 0.634. The average molecular weight is 1270 g/mol. The van der Waals surface area contributed by atoms with Gasteiger partial charge in [-0.2, -0.15) is 0 Å². The molecule has 90 heavy (non-hydrogen) atoms. The van der Waals surface area contributed by atoms with E-state index in [1.165, 1.54) is 19.1 Å². The third kappa shape index (κ3) is 16.8. The molecule has 1 heterocycles. The summed E-state index contributed by atoms with van der Waals surface area (Å²) < 4.78 is 60.9. The number of unbranched alkanes of at least 4 members (excludes halogenated alkanes) is 15. The van der Waals surface area contributed by atoms with Crippen molar-refractivity contribution >= 4 is 44.6 Å². The molecule has 18 nitrogen and oxygen atoms in total. The van der Waals surface area contributed by atoms with E-state index in [0.29, 0.717) is 24.8 Å². The Balaban J connectivity index is 1.42. The van der Waals surface area contributed by atoms with Crippen LogP contribution in [0.15, 0.2) is 102 Å². The maximum atomic E-state index is 17.1.